The highest BCUT2D eigenvalue weighted by Gasteiger charge is 2.26. The van der Waals surface area contributed by atoms with E-state index in [2.05, 4.69) is 20.3 Å². The lowest BCUT2D eigenvalue weighted by Gasteiger charge is -2.23. The Morgan fingerprint density at radius 1 is 1.28 bits per heavy atom. The molecule has 0 aliphatic heterocycles. The summed E-state index contributed by atoms with van der Waals surface area (Å²) in [4.78, 5) is 47.6. The first kappa shape index (κ1) is 20.3. The Labute approximate surface area is 166 Å². The van der Waals surface area contributed by atoms with Crippen LogP contribution in [0.25, 0.3) is 11.2 Å². The number of fused-ring (bicyclic) bond motifs is 1. The number of pyridine rings is 1. The SMILES string of the molecule is Cn1c(C(Cc2cccnc2)NC(=O)OC(C)(C)C)nc2c1c(=O)[nH]c(=O)n2C. The van der Waals surface area contributed by atoms with E-state index in [1.54, 1.807) is 50.8 Å². The first-order chi connectivity index (χ1) is 13.6. The van der Waals surface area contributed by atoms with E-state index in [0.717, 1.165) is 5.56 Å². The van der Waals surface area contributed by atoms with Crippen LogP contribution in [0, 0.1) is 0 Å². The molecule has 10 nitrogen and oxygen atoms in total. The molecule has 1 unspecified atom stereocenters. The van der Waals surface area contributed by atoms with Crippen LogP contribution in [0.1, 0.15) is 38.2 Å². The van der Waals surface area contributed by atoms with Crippen LogP contribution in [0.2, 0.25) is 0 Å². The van der Waals surface area contributed by atoms with Gasteiger partial charge in [-0.15, -0.1) is 0 Å². The molecule has 3 aromatic heterocycles. The minimum atomic E-state index is -0.670. The van der Waals surface area contributed by atoms with Crippen molar-refractivity contribution in [2.75, 3.05) is 0 Å². The molecule has 3 heterocycles. The van der Waals surface area contributed by atoms with E-state index in [4.69, 9.17) is 4.74 Å². The summed E-state index contributed by atoms with van der Waals surface area (Å²) in [7, 11) is 3.19. The topological polar surface area (TPSA) is 124 Å². The highest BCUT2D eigenvalue weighted by Crippen LogP contribution is 2.21. The summed E-state index contributed by atoms with van der Waals surface area (Å²) in [5.41, 5.74) is -0.431. The van der Waals surface area contributed by atoms with Gasteiger partial charge >= 0.3 is 11.8 Å². The number of aromatic amines is 1. The Bertz CT molecular complexity index is 1150. The summed E-state index contributed by atoms with van der Waals surface area (Å²) in [5.74, 6) is 0.418. The summed E-state index contributed by atoms with van der Waals surface area (Å²) in [6.07, 6.45) is 3.11. The van der Waals surface area contributed by atoms with Gasteiger partial charge in [-0.2, -0.15) is 0 Å². The number of hydrogen-bond donors (Lipinski definition) is 2. The fraction of sp³-hybridized carbons (Fsp3) is 0.421. The number of imidazole rings is 1. The first-order valence-electron chi connectivity index (χ1n) is 9.11. The third kappa shape index (κ3) is 4.36. The number of nitrogens with zero attached hydrogens (tertiary/aromatic N) is 4. The molecule has 2 N–H and O–H groups in total. The number of carbonyl (C=O) groups is 1. The molecule has 0 saturated heterocycles. The van der Waals surface area contributed by atoms with Crippen molar-refractivity contribution >= 4 is 17.3 Å². The van der Waals surface area contributed by atoms with Gasteiger partial charge < -0.3 is 14.6 Å². The van der Waals surface area contributed by atoms with Crippen LogP contribution in [-0.4, -0.2) is 35.8 Å². The van der Waals surface area contributed by atoms with E-state index in [9.17, 15) is 14.4 Å². The molecule has 154 valence electrons. The van der Waals surface area contributed by atoms with E-state index >= 15 is 0 Å². The molecule has 0 fully saturated rings. The van der Waals surface area contributed by atoms with Crippen molar-refractivity contribution in [1.82, 2.24) is 29.4 Å². The van der Waals surface area contributed by atoms with Crippen LogP contribution < -0.4 is 16.6 Å². The Balaban J connectivity index is 2.08. The molecule has 1 amide bonds. The third-order valence-electron chi connectivity index (χ3n) is 4.33. The van der Waals surface area contributed by atoms with E-state index < -0.39 is 29.0 Å². The molecule has 0 saturated carbocycles. The van der Waals surface area contributed by atoms with Crippen LogP contribution in [0.3, 0.4) is 0 Å². The van der Waals surface area contributed by atoms with Gasteiger partial charge in [-0.05, 0) is 32.4 Å². The van der Waals surface area contributed by atoms with Crippen LogP contribution in [0.5, 0.6) is 0 Å². The molecule has 10 heteroatoms. The van der Waals surface area contributed by atoms with Gasteiger partial charge in [0.1, 0.15) is 11.4 Å². The summed E-state index contributed by atoms with van der Waals surface area (Å²) >= 11 is 0. The molecule has 29 heavy (non-hydrogen) atoms. The van der Waals surface area contributed by atoms with Crippen molar-refractivity contribution in [3.8, 4) is 0 Å². The van der Waals surface area contributed by atoms with E-state index in [0.29, 0.717) is 12.2 Å². The van der Waals surface area contributed by atoms with Gasteiger partial charge in [0.2, 0.25) is 0 Å². The summed E-state index contributed by atoms with van der Waals surface area (Å²) < 4.78 is 8.22. The van der Waals surface area contributed by atoms with Crippen molar-refractivity contribution in [1.29, 1.82) is 0 Å². The van der Waals surface area contributed by atoms with Gasteiger partial charge in [0.25, 0.3) is 5.56 Å². The van der Waals surface area contributed by atoms with Gasteiger partial charge in [-0.25, -0.2) is 14.6 Å². The Kier molecular flexibility index (Phi) is 5.27. The van der Waals surface area contributed by atoms with E-state index in [1.165, 1.54) is 11.6 Å². The van der Waals surface area contributed by atoms with Crippen LogP contribution in [0.4, 0.5) is 4.79 Å². The van der Waals surface area contributed by atoms with Gasteiger partial charge in [-0.1, -0.05) is 6.07 Å². The molecule has 0 bridgehead atoms. The number of hydrogen-bond acceptors (Lipinski definition) is 6. The van der Waals surface area contributed by atoms with Crippen LogP contribution in [-0.2, 0) is 25.3 Å². The van der Waals surface area contributed by atoms with Crippen LogP contribution in [0.15, 0.2) is 34.1 Å². The lowest BCUT2D eigenvalue weighted by atomic mass is 10.1. The second-order valence-electron chi connectivity index (χ2n) is 7.78. The van der Waals surface area contributed by atoms with Crippen molar-refractivity contribution < 1.29 is 9.53 Å². The maximum Gasteiger partial charge on any atom is 0.408 e. The normalized spacial score (nSPS) is 12.7. The average Bonchev–Trinajstić information content (AvgIpc) is 2.96. The smallest absolute Gasteiger partial charge is 0.408 e. The fourth-order valence-electron chi connectivity index (χ4n) is 3.05. The number of rotatable bonds is 4. The van der Waals surface area contributed by atoms with Gasteiger partial charge in [0, 0.05) is 32.9 Å². The fourth-order valence-corrected chi connectivity index (χ4v) is 3.05. The molecular formula is C19H24N6O4. The van der Waals surface area contributed by atoms with E-state index in [1.807, 2.05) is 6.07 Å². The largest absolute Gasteiger partial charge is 0.444 e. The molecule has 3 rings (SSSR count). The van der Waals surface area contributed by atoms with Gasteiger partial charge in [0.05, 0.1) is 6.04 Å². The number of H-pyrrole nitrogens is 1. The van der Waals surface area contributed by atoms with Crippen molar-refractivity contribution in [3.63, 3.8) is 0 Å². The first-order valence-corrected chi connectivity index (χ1v) is 9.11. The average molecular weight is 400 g/mol. The number of nitrogens with one attached hydrogen (secondary N) is 2. The van der Waals surface area contributed by atoms with Crippen molar-refractivity contribution in [3.05, 3.63) is 56.8 Å². The highest BCUT2D eigenvalue weighted by atomic mass is 16.6. The zero-order chi connectivity index (χ0) is 21.3. The van der Waals surface area contributed by atoms with Crippen molar-refractivity contribution in [2.24, 2.45) is 14.1 Å². The zero-order valence-corrected chi connectivity index (χ0v) is 17.0. The lowest BCUT2D eigenvalue weighted by molar-refractivity contribution is 0.0500. The Hall–Kier alpha value is -3.43. The maximum absolute atomic E-state index is 12.4. The molecular weight excluding hydrogens is 376 g/mol. The van der Waals surface area contributed by atoms with Gasteiger partial charge in [0.15, 0.2) is 11.2 Å². The summed E-state index contributed by atoms with van der Waals surface area (Å²) in [6.45, 7) is 5.31. The summed E-state index contributed by atoms with van der Waals surface area (Å²) in [6, 6.07) is 3.06. The van der Waals surface area contributed by atoms with Crippen LogP contribution >= 0.6 is 0 Å². The van der Waals surface area contributed by atoms with Crippen molar-refractivity contribution in [2.45, 2.75) is 38.8 Å². The number of amides is 1. The standard InChI is InChI=1S/C19H24N6O4/c1-19(2,3)29-18(28)21-12(9-11-7-6-8-20-10-11)14-22-15-13(24(14)4)16(26)23-17(27)25(15)5/h6-8,10,12H,9H2,1-5H3,(H,21,28)(H,23,26,27). The molecule has 0 aliphatic carbocycles. The monoisotopic (exact) mass is 400 g/mol. The highest BCUT2D eigenvalue weighted by molar-refractivity contribution is 5.72. The van der Waals surface area contributed by atoms with Gasteiger partial charge in [-0.3, -0.25) is 19.3 Å². The van der Waals surface area contributed by atoms with E-state index in [-0.39, 0.29) is 11.2 Å². The molecule has 0 aromatic carbocycles. The maximum atomic E-state index is 12.4. The molecule has 0 aliphatic rings. The molecule has 0 radical (unpaired) electrons. The molecule has 3 aromatic rings. The quantitative estimate of drug-likeness (QED) is 0.677. The predicted molar refractivity (Wildman–Crippen MR) is 107 cm³/mol. The second-order valence-corrected chi connectivity index (χ2v) is 7.78. The number of carbonyl (C=O) groups excluding carboxylic acids is 1. The predicted octanol–water partition coefficient (Wildman–Crippen LogP) is 1.16. The number of alkyl carbamates (subject to hydrolysis) is 1. The number of aryl methyl sites for hydroxylation is 2. The number of aromatic nitrogens is 5. The minimum Gasteiger partial charge on any atom is -0.444 e. The molecule has 1 atom stereocenters. The molecule has 0 spiro atoms. The zero-order valence-electron chi connectivity index (χ0n) is 17.0. The lowest BCUT2D eigenvalue weighted by Crippen LogP contribution is -2.36. The Morgan fingerprint density at radius 2 is 2.00 bits per heavy atom. The number of ether oxygens (including phenoxy) is 1. The Morgan fingerprint density at radius 3 is 2.62 bits per heavy atom. The summed E-state index contributed by atoms with van der Waals surface area (Å²) in [5, 5.41) is 2.82. The minimum absolute atomic E-state index is 0.235. The second kappa shape index (κ2) is 7.53. The third-order valence-corrected chi connectivity index (χ3v) is 4.33.